The molecule has 0 aliphatic heterocycles. The van der Waals surface area contributed by atoms with E-state index in [-0.39, 0.29) is 12.3 Å². The summed E-state index contributed by atoms with van der Waals surface area (Å²) >= 11 is 3.28. The van der Waals surface area contributed by atoms with Gasteiger partial charge in [0.25, 0.3) is 5.91 Å². The molecule has 0 saturated carbocycles. The highest BCUT2D eigenvalue weighted by Crippen LogP contribution is 2.20. The molecule has 0 aromatic heterocycles. The van der Waals surface area contributed by atoms with Gasteiger partial charge in [-0.1, -0.05) is 12.8 Å². The third-order valence-electron chi connectivity index (χ3n) is 2.87. The molecule has 6 heteroatoms. The van der Waals surface area contributed by atoms with Crippen molar-refractivity contribution >= 4 is 33.5 Å². The molecule has 1 aromatic rings. The molecule has 0 heterocycles. The number of nitrogens with two attached hydrogens (primary N) is 1. The van der Waals surface area contributed by atoms with Crippen molar-refractivity contribution < 1.29 is 14.7 Å². The number of carbonyl (C=O) groups excluding carboxylic acids is 1. The van der Waals surface area contributed by atoms with Gasteiger partial charge in [0, 0.05) is 28.7 Å². The summed E-state index contributed by atoms with van der Waals surface area (Å²) in [5.41, 5.74) is 6.82. The Balaban J connectivity index is 2.20. The zero-order valence-electron chi connectivity index (χ0n) is 11.2. The zero-order valence-corrected chi connectivity index (χ0v) is 12.8. The summed E-state index contributed by atoms with van der Waals surface area (Å²) in [6.45, 7) is 0.591. The van der Waals surface area contributed by atoms with E-state index in [1.165, 1.54) is 0 Å². The molecule has 0 radical (unpaired) electrons. The fraction of sp³-hybridized carbons (Fsp3) is 0.429. The first-order valence-corrected chi connectivity index (χ1v) is 7.35. The van der Waals surface area contributed by atoms with Crippen LogP contribution in [0.3, 0.4) is 0 Å². The van der Waals surface area contributed by atoms with Gasteiger partial charge in [-0.15, -0.1) is 0 Å². The Labute approximate surface area is 126 Å². The van der Waals surface area contributed by atoms with Gasteiger partial charge in [-0.2, -0.15) is 0 Å². The number of amides is 1. The monoisotopic (exact) mass is 342 g/mol. The number of aliphatic carboxylic acids is 1. The second kappa shape index (κ2) is 8.58. The highest BCUT2D eigenvalue weighted by molar-refractivity contribution is 9.10. The lowest BCUT2D eigenvalue weighted by Crippen LogP contribution is -2.24. The molecule has 0 unspecified atom stereocenters. The van der Waals surface area contributed by atoms with Crippen molar-refractivity contribution in [3.63, 3.8) is 0 Å². The molecule has 110 valence electrons. The topological polar surface area (TPSA) is 92.4 Å². The third-order valence-corrected chi connectivity index (χ3v) is 3.55. The van der Waals surface area contributed by atoms with E-state index in [1.807, 2.05) is 0 Å². The van der Waals surface area contributed by atoms with Gasteiger partial charge in [-0.3, -0.25) is 9.59 Å². The Hall–Kier alpha value is -1.56. The van der Waals surface area contributed by atoms with Crippen LogP contribution in [0.5, 0.6) is 0 Å². The number of hydrogen-bond donors (Lipinski definition) is 3. The van der Waals surface area contributed by atoms with Crippen molar-refractivity contribution in [3.8, 4) is 0 Å². The number of benzene rings is 1. The van der Waals surface area contributed by atoms with Crippen LogP contribution in [0, 0.1) is 0 Å². The van der Waals surface area contributed by atoms with Gasteiger partial charge in [-0.05, 0) is 47.0 Å². The van der Waals surface area contributed by atoms with Crippen LogP contribution >= 0.6 is 15.9 Å². The van der Waals surface area contributed by atoms with Crippen LogP contribution in [-0.4, -0.2) is 23.5 Å². The van der Waals surface area contributed by atoms with Crippen LogP contribution in [0.25, 0.3) is 0 Å². The minimum Gasteiger partial charge on any atom is -0.481 e. The van der Waals surface area contributed by atoms with Crippen molar-refractivity contribution in [3.05, 3.63) is 28.2 Å². The number of carboxylic acids is 1. The van der Waals surface area contributed by atoms with Crippen molar-refractivity contribution in [2.45, 2.75) is 32.1 Å². The van der Waals surface area contributed by atoms with Gasteiger partial charge in [0.1, 0.15) is 0 Å². The van der Waals surface area contributed by atoms with Gasteiger partial charge in [-0.25, -0.2) is 0 Å². The number of rotatable bonds is 8. The Bertz CT molecular complexity index is 477. The second-order valence-electron chi connectivity index (χ2n) is 4.55. The third kappa shape index (κ3) is 6.06. The maximum Gasteiger partial charge on any atom is 0.303 e. The predicted octanol–water partition coefficient (Wildman–Crippen LogP) is 2.80. The Morgan fingerprint density at radius 3 is 2.55 bits per heavy atom. The van der Waals surface area contributed by atoms with Gasteiger partial charge in [0.2, 0.25) is 0 Å². The van der Waals surface area contributed by atoms with Crippen molar-refractivity contribution in [1.82, 2.24) is 5.32 Å². The lowest BCUT2D eigenvalue weighted by Gasteiger charge is -2.06. The molecular formula is C14H19BrN2O3. The fourth-order valence-corrected chi connectivity index (χ4v) is 2.11. The number of nitrogens with one attached hydrogen (secondary N) is 1. The predicted molar refractivity (Wildman–Crippen MR) is 81.6 cm³/mol. The number of carboxylic acid groups (broad SMARTS) is 1. The number of unbranched alkanes of at least 4 members (excludes halogenated alkanes) is 3. The van der Waals surface area contributed by atoms with Crippen LogP contribution in [0.1, 0.15) is 42.5 Å². The van der Waals surface area contributed by atoms with Crippen LogP contribution in [0.4, 0.5) is 5.69 Å². The van der Waals surface area contributed by atoms with Gasteiger partial charge >= 0.3 is 5.97 Å². The molecular weight excluding hydrogens is 324 g/mol. The van der Waals surface area contributed by atoms with Crippen molar-refractivity contribution in [2.24, 2.45) is 0 Å². The van der Waals surface area contributed by atoms with E-state index >= 15 is 0 Å². The standard InChI is InChI=1S/C14H19BrN2O3/c15-11-9-10(6-7-12(11)16)14(20)17-8-4-2-1-3-5-13(18)19/h6-7,9H,1-5,8,16H2,(H,17,20)(H,18,19). The Kier molecular flexibility index (Phi) is 7.08. The van der Waals surface area contributed by atoms with Crippen LogP contribution in [0.2, 0.25) is 0 Å². The minimum atomic E-state index is -0.757. The number of carbonyl (C=O) groups is 2. The van der Waals surface area contributed by atoms with Gasteiger partial charge in [0.05, 0.1) is 0 Å². The Morgan fingerprint density at radius 2 is 1.90 bits per heavy atom. The maximum absolute atomic E-state index is 11.8. The average Bonchev–Trinajstić information content (AvgIpc) is 2.40. The molecule has 1 rings (SSSR count). The zero-order chi connectivity index (χ0) is 15.0. The summed E-state index contributed by atoms with van der Waals surface area (Å²) < 4.78 is 0.707. The van der Waals surface area contributed by atoms with Crippen LogP contribution < -0.4 is 11.1 Å². The van der Waals surface area contributed by atoms with Crippen molar-refractivity contribution in [1.29, 1.82) is 0 Å². The summed E-state index contributed by atoms with van der Waals surface area (Å²) in [6, 6.07) is 5.06. The molecule has 0 aliphatic carbocycles. The molecule has 0 saturated heterocycles. The first-order chi connectivity index (χ1) is 9.50. The number of anilines is 1. The maximum atomic E-state index is 11.8. The smallest absolute Gasteiger partial charge is 0.303 e. The minimum absolute atomic E-state index is 0.128. The van der Waals surface area contributed by atoms with Crippen LogP contribution in [0.15, 0.2) is 22.7 Å². The molecule has 1 amide bonds. The van der Waals surface area contributed by atoms with E-state index in [4.69, 9.17) is 10.8 Å². The van der Waals surface area contributed by atoms with Gasteiger partial charge in [0.15, 0.2) is 0 Å². The van der Waals surface area contributed by atoms with E-state index in [0.29, 0.717) is 28.7 Å². The molecule has 0 atom stereocenters. The molecule has 1 aromatic carbocycles. The number of halogens is 1. The normalized spacial score (nSPS) is 10.2. The summed E-state index contributed by atoms with van der Waals surface area (Å²) in [5, 5.41) is 11.3. The SMILES string of the molecule is Nc1ccc(C(=O)NCCCCCCC(=O)O)cc1Br. The summed E-state index contributed by atoms with van der Waals surface area (Å²) in [5.74, 6) is -0.886. The summed E-state index contributed by atoms with van der Waals surface area (Å²) in [7, 11) is 0. The lowest BCUT2D eigenvalue weighted by molar-refractivity contribution is -0.137. The average molecular weight is 343 g/mol. The highest BCUT2D eigenvalue weighted by atomic mass is 79.9. The van der Waals surface area contributed by atoms with Crippen molar-refractivity contribution in [2.75, 3.05) is 12.3 Å². The molecule has 20 heavy (non-hydrogen) atoms. The fourth-order valence-electron chi connectivity index (χ4n) is 1.73. The molecule has 0 spiro atoms. The summed E-state index contributed by atoms with van der Waals surface area (Å²) in [4.78, 5) is 22.2. The lowest BCUT2D eigenvalue weighted by atomic mass is 10.1. The summed E-state index contributed by atoms with van der Waals surface area (Å²) in [6.07, 6.45) is 3.54. The van der Waals surface area contributed by atoms with E-state index in [0.717, 1.165) is 19.3 Å². The quantitative estimate of drug-likeness (QED) is 0.500. The largest absolute Gasteiger partial charge is 0.481 e. The highest BCUT2D eigenvalue weighted by Gasteiger charge is 2.06. The van der Waals surface area contributed by atoms with E-state index in [9.17, 15) is 9.59 Å². The van der Waals surface area contributed by atoms with Gasteiger partial charge < -0.3 is 16.2 Å². The molecule has 0 fully saturated rings. The number of nitrogen functional groups attached to an aromatic ring is 1. The molecule has 4 N–H and O–H groups in total. The molecule has 0 bridgehead atoms. The molecule has 0 aliphatic rings. The Morgan fingerprint density at radius 1 is 1.20 bits per heavy atom. The van der Waals surface area contributed by atoms with E-state index in [2.05, 4.69) is 21.2 Å². The first kappa shape index (κ1) is 16.5. The molecule has 5 nitrogen and oxygen atoms in total. The van der Waals surface area contributed by atoms with Crippen LogP contribution in [-0.2, 0) is 4.79 Å². The second-order valence-corrected chi connectivity index (χ2v) is 5.40. The first-order valence-electron chi connectivity index (χ1n) is 6.55. The number of hydrogen-bond acceptors (Lipinski definition) is 3. The van der Waals surface area contributed by atoms with E-state index in [1.54, 1.807) is 18.2 Å². The van der Waals surface area contributed by atoms with E-state index < -0.39 is 5.97 Å².